The SMILES string of the molecule is COc1[c-]c(I)nc(OC)n1.[Zn]. The van der Waals surface area contributed by atoms with Gasteiger partial charge < -0.3 is 15.5 Å². The van der Waals surface area contributed by atoms with Crippen LogP contribution in [-0.4, -0.2) is 24.2 Å². The summed E-state index contributed by atoms with van der Waals surface area (Å²) in [6.07, 6.45) is 0. The molecule has 0 aliphatic heterocycles. The number of methoxy groups -OCH3 is 2. The van der Waals surface area contributed by atoms with Gasteiger partial charge in [-0.15, -0.1) is 0 Å². The summed E-state index contributed by atoms with van der Waals surface area (Å²) in [5, 5.41) is 0. The molecule has 1 heterocycles. The van der Waals surface area contributed by atoms with Crippen LogP contribution in [0.4, 0.5) is 0 Å². The molecule has 0 aromatic carbocycles. The molecule has 0 amide bonds. The Labute approximate surface area is 97.0 Å². The van der Waals surface area contributed by atoms with Crippen molar-refractivity contribution in [3.63, 3.8) is 0 Å². The molecule has 1 aromatic rings. The maximum atomic E-state index is 4.85. The average molecular weight is 330 g/mol. The molecule has 62 valence electrons. The normalized spacial score (nSPS) is 8.58. The van der Waals surface area contributed by atoms with Crippen LogP contribution in [0.15, 0.2) is 0 Å². The molecule has 0 fully saturated rings. The molecule has 0 bridgehead atoms. The Morgan fingerprint density at radius 1 is 1.25 bits per heavy atom. The van der Waals surface area contributed by atoms with E-state index in [1.807, 2.05) is 22.6 Å². The standard InChI is InChI=1S/C6H6IN2O2.Zn/c1-10-5-3-4(7)8-6(9-5)11-2;/h1-2H3;/q-1;. The third-order valence-electron chi connectivity index (χ3n) is 0.977. The van der Waals surface area contributed by atoms with Crippen molar-refractivity contribution in [2.75, 3.05) is 14.2 Å². The molecule has 0 aliphatic rings. The number of hydrogen-bond donors (Lipinski definition) is 0. The molecular weight excluding hydrogens is 324 g/mol. The second kappa shape index (κ2) is 5.64. The summed E-state index contributed by atoms with van der Waals surface area (Å²) in [6.45, 7) is 0. The van der Waals surface area contributed by atoms with E-state index in [1.165, 1.54) is 14.2 Å². The van der Waals surface area contributed by atoms with Crippen LogP contribution in [0.3, 0.4) is 0 Å². The first kappa shape index (κ1) is 12.0. The fourth-order valence-electron chi connectivity index (χ4n) is 0.528. The van der Waals surface area contributed by atoms with Gasteiger partial charge in [-0.3, -0.25) is 0 Å². The minimum atomic E-state index is 0. The number of nitrogens with zero attached hydrogens (tertiary/aromatic N) is 2. The van der Waals surface area contributed by atoms with E-state index in [4.69, 9.17) is 9.47 Å². The van der Waals surface area contributed by atoms with Crippen LogP contribution in [0.25, 0.3) is 0 Å². The van der Waals surface area contributed by atoms with Crippen molar-refractivity contribution in [2.24, 2.45) is 0 Å². The van der Waals surface area contributed by atoms with Crippen molar-refractivity contribution >= 4 is 22.6 Å². The first-order chi connectivity index (χ1) is 5.26. The van der Waals surface area contributed by atoms with Crippen LogP contribution in [0.1, 0.15) is 0 Å². The van der Waals surface area contributed by atoms with Crippen LogP contribution >= 0.6 is 22.6 Å². The molecule has 12 heavy (non-hydrogen) atoms. The predicted molar refractivity (Wildman–Crippen MR) is 46.7 cm³/mol. The molecule has 0 N–H and O–H groups in total. The van der Waals surface area contributed by atoms with Crippen LogP contribution in [0.2, 0.25) is 0 Å². The molecule has 1 rings (SSSR count). The van der Waals surface area contributed by atoms with E-state index in [2.05, 4.69) is 16.0 Å². The number of rotatable bonds is 2. The van der Waals surface area contributed by atoms with E-state index in [9.17, 15) is 0 Å². The van der Waals surface area contributed by atoms with E-state index in [1.54, 1.807) is 0 Å². The largest absolute Gasteiger partial charge is 0.515 e. The van der Waals surface area contributed by atoms with Gasteiger partial charge in [0.15, 0.2) is 0 Å². The number of aromatic nitrogens is 2. The van der Waals surface area contributed by atoms with Gasteiger partial charge in [-0.2, -0.15) is 4.98 Å². The molecule has 0 aliphatic carbocycles. The van der Waals surface area contributed by atoms with Crippen LogP contribution in [-0.2, 0) is 19.5 Å². The molecule has 6 heteroatoms. The number of hydrogen-bond acceptors (Lipinski definition) is 4. The minimum Gasteiger partial charge on any atom is -0.515 e. The maximum Gasteiger partial charge on any atom is 0.314 e. The molecule has 0 spiro atoms. The van der Waals surface area contributed by atoms with Gasteiger partial charge in [0.2, 0.25) is 0 Å². The molecular formula is C6H6IN2O2Zn-. The second-order valence-corrected chi connectivity index (χ2v) is 2.66. The van der Waals surface area contributed by atoms with Gasteiger partial charge in [0.25, 0.3) is 0 Å². The minimum absolute atomic E-state index is 0. The van der Waals surface area contributed by atoms with Crippen LogP contribution in [0, 0.1) is 9.77 Å². The number of ether oxygens (including phenoxy) is 2. The molecule has 0 radical (unpaired) electrons. The molecule has 4 nitrogen and oxygen atoms in total. The zero-order chi connectivity index (χ0) is 8.27. The Balaban J connectivity index is 0.00000121. The Bertz CT molecular complexity index is 237. The molecule has 0 unspecified atom stereocenters. The number of halogens is 1. The van der Waals surface area contributed by atoms with Crippen molar-refractivity contribution in [2.45, 2.75) is 0 Å². The van der Waals surface area contributed by atoms with Crippen molar-refractivity contribution < 1.29 is 29.0 Å². The first-order valence-electron chi connectivity index (χ1n) is 2.81. The van der Waals surface area contributed by atoms with Crippen molar-refractivity contribution in [3.8, 4) is 11.9 Å². The Hall–Kier alpha value is 0.0334. The summed E-state index contributed by atoms with van der Waals surface area (Å²) < 4.78 is 10.3. The Morgan fingerprint density at radius 3 is 2.42 bits per heavy atom. The monoisotopic (exact) mass is 329 g/mol. The van der Waals surface area contributed by atoms with Crippen molar-refractivity contribution in [1.29, 1.82) is 0 Å². The summed E-state index contributed by atoms with van der Waals surface area (Å²) in [5.41, 5.74) is 0. The van der Waals surface area contributed by atoms with E-state index in [0.717, 1.165) is 0 Å². The zero-order valence-electron chi connectivity index (χ0n) is 6.80. The third kappa shape index (κ3) is 3.18. The summed E-state index contributed by atoms with van der Waals surface area (Å²) >= 11 is 2.01. The van der Waals surface area contributed by atoms with Gasteiger partial charge in [-0.05, 0) is 0 Å². The van der Waals surface area contributed by atoms with Gasteiger partial charge >= 0.3 is 6.01 Å². The van der Waals surface area contributed by atoms with Crippen LogP contribution in [0.5, 0.6) is 11.9 Å². The Morgan fingerprint density at radius 2 is 1.92 bits per heavy atom. The predicted octanol–water partition coefficient (Wildman–Crippen LogP) is 0.896. The van der Waals surface area contributed by atoms with Crippen molar-refractivity contribution in [1.82, 2.24) is 9.97 Å². The third-order valence-corrected chi connectivity index (χ3v) is 1.49. The van der Waals surface area contributed by atoms with Gasteiger partial charge in [0.05, 0.1) is 14.2 Å². The van der Waals surface area contributed by atoms with Crippen LogP contribution < -0.4 is 9.47 Å². The van der Waals surface area contributed by atoms with Gasteiger partial charge in [-0.1, -0.05) is 26.3 Å². The fraction of sp³-hybridized carbons (Fsp3) is 0.333. The molecule has 0 saturated heterocycles. The smallest absolute Gasteiger partial charge is 0.314 e. The summed E-state index contributed by atoms with van der Waals surface area (Å²) in [7, 11) is 3.03. The van der Waals surface area contributed by atoms with E-state index in [-0.39, 0.29) is 19.5 Å². The first-order valence-corrected chi connectivity index (χ1v) is 3.89. The van der Waals surface area contributed by atoms with E-state index >= 15 is 0 Å². The van der Waals surface area contributed by atoms with E-state index < -0.39 is 0 Å². The topological polar surface area (TPSA) is 44.2 Å². The fourth-order valence-corrected chi connectivity index (χ4v) is 0.965. The molecule has 0 saturated carbocycles. The molecule has 0 atom stereocenters. The van der Waals surface area contributed by atoms with E-state index in [0.29, 0.717) is 15.6 Å². The average Bonchev–Trinajstić information content (AvgIpc) is 2.03. The molecule has 1 aromatic heterocycles. The summed E-state index contributed by atoms with van der Waals surface area (Å²) in [5.74, 6) is 0.390. The van der Waals surface area contributed by atoms with Gasteiger partial charge in [-0.25, -0.2) is 4.98 Å². The Kier molecular flexibility index (Phi) is 5.66. The maximum absolute atomic E-state index is 4.85. The van der Waals surface area contributed by atoms with Gasteiger partial charge in [0.1, 0.15) is 0 Å². The van der Waals surface area contributed by atoms with Crippen molar-refractivity contribution in [3.05, 3.63) is 9.77 Å². The second-order valence-electron chi connectivity index (χ2n) is 1.64. The summed E-state index contributed by atoms with van der Waals surface area (Å²) in [4.78, 5) is 7.77. The quantitative estimate of drug-likeness (QED) is 0.350. The summed E-state index contributed by atoms with van der Waals surface area (Å²) in [6, 6.07) is 3.09. The van der Waals surface area contributed by atoms with Gasteiger partial charge in [0, 0.05) is 25.4 Å². The zero-order valence-corrected chi connectivity index (χ0v) is 11.9.